The van der Waals surface area contributed by atoms with Crippen LogP contribution in [0, 0.1) is 6.92 Å². The molecule has 0 unspecified atom stereocenters. The smallest absolute Gasteiger partial charge is 0.154 e. The van der Waals surface area contributed by atoms with Crippen molar-refractivity contribution in [3.05, 3.63) is 42.2 Å². The second-order valence-corrected chi connectivity index (χ2v) is 4.91. The zero-order valence-electron chi connectivity index (χ0n) is 11.4. The van der Waals surface area contributed by atoms with E-state index in [0.29, 0.717) is 0 Å². The molecule has 2 heterocycles. The number of fused-ring (bicyclic) bond motifs is 1. The van der Waals surface area contributed by atoms with Gasteiger partial charge in [-0.2, -0.15) is 10.2 Å². The van der Waals surface area contributed by atoms with Crippen LogP contribution in [0.3, 0.4) is 0 Å². The molecule has 0 amide bonds. The fourth-order valence-corrected chi connectivity index (χ4v) is 2.18. The van der Waals surface area contributed by atoms with E-state index < -0.39 is 0 Å². The van der Waals surface area contributed by atoms with Crippen molar-refractivity contribution in [3.8, 4) is 11.3 Å². The first-order valence-corrected chi connectivity index (χ1v) is 6.76. The van der Waals surface area contributed by atoms with Gasteiger partial charge in [-0.3, -0.25) is 0 Å². The van der Waals surface area contributed by atoms with E-state index in [1.165, 1.54) is 12.0 Å². The minimum absolute atomic E-state index is 0.950. The van der Waals surface area contributed by atoms with Crippen molar-refractivity contribution in [2.45, 2.75) is 33.2 Å². The van der Waals surface area contributed by atoms with Crippen LogP contribution < -0.4 is 0 Å². The van der Waals surface area contributed by atoms with Crippen LogP contribution in [0.25, 0.3) is 16.9 Å². The van der Waals surface area contributed by atoms with E-state index in [1.54, 1.807) is 6.33 Å². The van der Waals surface area contributed by atoms with Crippen LogP contribution in [-0.2, 0) is 6.54 Å². The summed E-state index contributed by atoms with van der Waals surface area (Å²) in [5.74, 6) is 0. The largest absolute Gasteiger partial charge is 0.246 e. The molecule has 4 nitrogen and oxygen atoms in total. The van der Waals surface area contributed by atoms with Crippen LogP contribution in [0.5, 0.6) is 0 Å². The lowest BCUT2D eigenvalue weighted by atomic mass is 10.1. The molecule has 0 aliphatic carbocycles. The normalized spacial score (nSPS) is 11.3. The summed E-state index contributed by atoms with van der Waals surface area (Å²) in [7, 11) is 0. The van der Waals surface area contributed by atoms with Crippen LogP contribution in [0.4, 0.5) is 0 Å². The summed E-state index contributed by atoms with van der Waals surface area (Å²) in [5.41, 5.74) is 4.48. The Morgan fingerprint density at radius 2 is 1.95 bits per heavy atom. The number of rotatable bonds is 4. The highest BCUT2D eigenvalue weighted by Crippen LogP contribution is 2.20. The number of benzene rings is 1. The molecule has 0 saturated heterocycles. The number of aromatic nitrogens is 4. The Labute approximate surface area is 112 Å². The molecule has 0 radical (unpaired) electrons. The maximum atomic E-state index is 4.57. The maximum Gasteiger partial charge on any atom is 0.154 e. The second-order valence-electron chi connectivity index (χ2n) is 4.91. The highest BCUT2D eigenvalue weighted by Gasteiger charge is 2.08. The lowest BCUT2D eigenvalue weighted by Gasteiger charge is -1.98. The Balaban J connectivity index is 1.97. The van der Waals surface area contributed by atoms with Crippen LogP contribution in [0.1, 0.15) is 25.3 Å². The summed E-state index contributed by atoms with van der Waals surface area (Å²) >= 11 is 0. The van der Waals surface area contributed by atoms with Gasteiger partial charge < -0.3 is 0 Å². The van der Waals surface area contributed by atoms with E-state index >= 15 is 0 Å². The summed E-state index contributed by atoms with van der Waals surface area (Å²) < 4.78 is 3.87. The Hall–Kier alpha value is -2.10. The van der Waals surface area contributed by atoms with E-state index in [2.05, 4.69) is 54.4 Å². The van der Waals surface area contributed by atoms with Crippen molar-refractivity contribution < 1.29 is 0 Å². The summed E-state index contributed by atoms with van der Waals surface area (Å²) in [4.78, 5) is 0. The van der Waals surface area contributed by atoms with Crippen molar-refractivity contribution in [1.82, 2.24) is 19.4 Å². The predicted molar refractivity (Wildman–Crippen MR) is 76.1 cm³/mol. The van der Waals surface area contributed by atoms with Gasteiger partial charge in [-0.1, -0.05) is 43.2 Å². The Morgan fingerprint density at radius 3 is 2.68 bits per heavy atom. The van der Waals surface area contributed by atoms with Crippen molar-refractivity contribution in [3.63, 3.8) is 0 Å². The first-order chi connectivity index (χ1) is 9.28. The molecular weight excluding hydrogens is 236 g/mol. The lowest BCUT2D eigenvalue weighted by Crippen LogP contribution is -1.98. The van der Waals surface area contributed by atoms with E-state index in [0.717, 1.165) is 29.9 Å². The van der Waals surface area contributed by atoms with Crippen molar-refractivity contribution >= 4 is 5.65 Å². The maximum absolute atomic E-state index is 4.57. The molecule has 0 fully saturated rings. The third-order valence-electron chi connectivity index (χ3n) is 3.35. The van der Waals surface area contributed by atoms with Gasteiger partial charge in [0, 0.05) is 18.2 Å². The summed E-state index contributed by atoms with van der Waals surface area (Å²) in [6.45, 7) is 5.23. The number of nitrogens with zero attached hydrogens (tertiary/aromatic N) is 4. The van der Waals surface area contributed by atoms with Crippen molar-refractivity contribution in [2.75, 3.05) is 0 Å². The zero-order chi connectivity index (χ0) is 13.2. The van der Waals surface area contributed by atoms with E-state index in [9.17, 15) is 0 Å². The molecule has 3 rings (SSSR count). The fraction of sp³-hybridized carbons (Fsp3) is 0.333. The van der Waals surface area contributed by atoms with Crippen LogP contribution in [0.2, 0.25) is 0 Å². The van der Waals surface area contributed by atoms with Crippen LogP contribution in [0.15, 0.2) is 36.7 Å². The molecule has 0 aliphatic rings. The molecule has 98 valence electrons. The minimum Gasteiger partial charge on any atom is -0.246 e. The SMILES string of the molecule is CCCCn1ncn2nc(-c3ccc(C)cc3)cc12. The molecule has 0 N–H and O–H groups in total. The first-order valence-electron chi connectivity index (χ1n) is 6.76. The third kappa shape index (κ3) is 2.26. The molecular formula is C15H18N4. The third-order valence-corrected chi connectivity index (χ3v) is 3.35. The second kappa shape index (κ2) is 4.88. The van der Waals surface area contributed by atoms with Crippen molar-refractivity contribution in [2.24, 2.45) is 0 Å². The van der Waals surface area contributed by atoms with E-state index in [1.807, 2.05) is 9.20 Å². The van der Waals surface area contributed by atoms with E-state index in [4.69, 9.17) is 0 Å². The van der Waals surface area contributed by atoms with Gasteiger partial charge in [-0.15, -0.1) is 0 Å². The highest BCUT2D eigenvalue weighted by molar-refractivity contribution is 5.64. The summed E-state index contributed by atoms with van der Waals surface area (Å²) in [6, 6.07) is 10.6. The van der Waals surface area contributed by atoms with Gasteiger partial charge >= 0.3 is 0 Å². The Morgan fingerprint density at radius 1 is 1.16 bits per heavy atom. The van der Waals surface area contributed by atoms with Gasteiger partial charge in [0.2, 0.25) is 0 Å². The fourth-order valence-electron chi connectivity index (χ4n) is 2.18. The van der Waals surface area contributed by atoms with Gasteiger partial charge in [-0.25, -0.2) is 9.20 Å². The number of unbranched alkanes of at least 4 members (excludes halogenated alkanes) is 1. The van der Waals surface area contributed by atoms with Crippen LogP contribution in [-0.4, -0.2) is 19.4 Å². The average Bonchev–Trinajstić information content (AvgIpc) is 2.98. The van der Waals surface area contributed by atoms with Gasteiger partial charge in [-0.05, 0) is 13.3 Å². The summed E-state index contributed by atoms with van der Waals surface area (Å²) in [6.07, 6.45) is 4.09. The molecule has 0 spiro atoms. The van der Waals surface area contributed by atoms with E-state index in [-0.39, 0.29) is 0 Å². The zero-order valence-corrected chi connectivity index (χ0v) is 11.4. The first kappa shape index (κ1) is 12.0. The van der Waals surface area contributed by atoms with Crippen LogP contribution >= 0.6 is 0 Å². The number of aryl methyl sites for hydroxylation is 2. The Kier molecular flexibility index (Phi) is 3.07. The minimum atomic E-state index is 0.950. The molecule has 0 aliphatic heterocycles. The summed E-state index contributed by atoms with van der Waals surface area (Å²) in [5, 5.41) is 8.93. The highest BCUT2D eigenvalue weighted by atomic mass is 15.4. The van der Waals surface area contributed by atoms with Crippen molar-refractivity contribution in [1.29, 1.82) is 0 Å². The van der Waals surface area contributed by atoms with Gasteiger partial charge in [0.15, 0.2) is 5.65 Å². The molecule has 4 heteroatoms. The van der Waals surface area contributed by atoms with Gasteiger partial charge in [0.05, 0.1) is 5.69 Å². The molecule has 0 bridgehead atoms. The molecule has 0 saturated carbocycles. The topological polar surface area (TPSA) is 35.1 Å². The quantitative estimate of drug-likeness (QED) is 0.716. The standard InChI is InChI=1S/C15H18N4/c1-3-4-9-18-15-10-14(17-19(15)11-16-18)13-7-5-12(2)6-8-13/h5-8,10-11H,3-4,9H2,1-2H3. The molecule has 0 atom stereocenters. The molecule has 19 heavy (non-hydrogen) atoms. The monoisotopic (exact) mass is 254 g/mol. The molecule has 1 aromatic carbocycles. The number of hydrogen-bond acceptors (Lipinski definition) is 2. The van der Waals surface area contributed by atoms with Gasteiger partial charge in [0.25, 0.3) is 0 Å². The number of hydrogen-bond donors (Lipinski definition) is 0. The predicted octanol–water partition coefficient (Wildman–Crippen LogP) is 3.31. The Bertz CT molecular complexity index is 676. The molecule has 3 aromatic rings. The molecule has 2 aromatic heterocycles. The van der Waals surface area contributed by atoms with Gasteiger partial charge in [0.1, 0.15) is 6.33 Å². The lowest BCUT2D eigenvalue weighted by molar-refractivity contribution is 0.588. The average molecular weight is 254 g/mol.